The molecule has 1 amide bonds. The summed E-state index contributed by atoms with van der Waals surface area (Å²) in [6, 6.07) is 4.94. The number of carbonyl (C=O) groups excluding carboxylic acids is 1. The molecule has 0 radical (unpaired) electrons. The summed E-state index contributed by atoms with van der Waals surface area (Å²) in [6.07, 6.45) is 1.84. The molecule has 0 aromatic heterocycles. The van der Waals surface area contributed by atoms with Gasteiger partial charge in [0.1, 0.15) is 5.75 Å². The Morgan fingerprint density at radius 2 is 2.00 bits per heavy atom. The molecule has 2 aliphatic rings. The smallest absolute Gasteiger partial charge is 0.222 e. The molecule has 0 atom stereocenters. The van der Waals surface area contributed by atoms with Crippen LogP contribution in [-0.4, -0.2) is 41.6 Å². The number of hydrogen-bond acceptors (Lipinski definition) is 3. The average Bonchev–Trinajstić information content (AvgIpc) is 2.70. The van der Waals surface area contributed by atoms with Crippen LogP contribution in [0.5, 0.6) is 5.75 Å². The molecule has 104 valence electrons. The number of nitrogens with zero attached hydrogens (tertiary/aromatic N) is 1. The zero-order valence-electron chi connectivity index (χ0n) is 10.4. The van der Waals surface area contributed by atoms with Crippen LogP contribution in [0.4, 0.5) is 0 Å². The van der Waals surface area contributed by atoms with Gasteiger partial charge in [-0.15, -0.1) is 0 Å². The molecule has 2 fully saturated rings. The second kappa shape index (κ2) is 6.46. The number of amides is 1. The minimum absolute atomic E-state index is 0.129. The fraction of sp³-hybridized carbons (Fsp3) is 0.462. The molecule has 0 unspecified atom stereocenters. The minimum Gasteiger partial charge on any atom is -0.508 e. The van der Waals surface area contributed by atoms with Gasteiger partial charge in [0, 0.05) is 26.1 Å². The van der Waals surface area contributed by atoms with Gasteiger partial charge >= 0.3 is 0 Å². The number of benzene rings is 1. The maximum absolute atomic E-state index is 11.1. The van der Waals surface area contributed by atoms with Gasteiger partial charge in [-0.05, 0) is 24.6 Å². The van der Waals surface area contributed by atoms with Crippen molar-refractivity contribution in [2.75, 3.05) is 19.6 Å². The van der Waals surface area contributed by atoms with Crippen molar-refractivity contribution in [3.05, 3.63) is 28.2 Å². The molecular weight excluding hydrogens is 287 g/mol. The second-order valence-corrected chi connectivity index (χ2v) is 5.42. The van der Waals surface area contributed by atoms with Gasteiger partial charge in [-0.2, -0.15) is 0 Å². The summed E-state index contributed by atoms with van der Waals surface area (Å²) in [5.41, 5.74) is 0. The first kappa shape index (κ1) is 14.4. The fourth-order valence-corrected chi connectivity index (χ4v) is 2.33. The first-order chi connectivity index (χ1) is 9.08. The van der Waals surface area contributed by atoms with Gasteiger partial charge in [0.2, 0.25) is 5.91 Å². The van der Waals surface area contributed by atoms with Crippen LogP contribution in [0.1, 0.15) is 12.8 Å². The van der Waals surface area contributed by atoms with Gasteiger partial charge in [0.15, 0.2) is 0 Å². The van der Waals surface area contributed by atoms with Crippen LogP contribution in [0.3, 0.4) is 0 Å². The highest BCUT2D eigenvalue weighted by atomic mass is 35.5. The molecule has 2 N–H and O–H groups in total. The SMILES string of the molecule is O=C1CCCN1C1CNC1.Oc1ccc(Cl)c(Cl)c1. The summed E-state index contributed by atoms with van der Waals surface area (Å²) in [5.74, 6) is 0.482. The van der Waals surface area contributed by atoms with E-state index in [0.717, 1.165) is 32.5 Å². The third kappa shape index (κ3) is 3.75. The largest absolute Gasteiger partial charge is 0.508 e. The Labute approximate surface area is 122 Å². The molecular formula is C13H16Cl2N2O2. The van der Waals surface area contributed by atoms with E-state index in [4.69, 9.17) is 28.3 Å². The van der Waals surface area contributed by atoms with Gasteiger partial charge in [0.25, 0.3) is 0 Å². The van der Waals surface area contributed by atoms with Crippen molar-refractivity contribution in [2.24, 2.45) is 0 Å². The normalized spacial score (nSPS) is 18.8. The van der Waals surface area contributed by atoms with Crippen molar-refractivity contribution < 1.29 is 9.90 Å². The molecule has 0 saturated carbocycles. The molecule has 19 heavy (non-hydrogen) atoms. The molecule has 2 heterocycles. The number of carbonyl (C=O) groups is 1. The molecule has 2 aliphatic heterocycles. The maximum atomic E-state index is 11.1. The van der Waals surface area contributed by atoms with Crippen molar-refractivity contribution in [1.82, 2.24) is 10.2 Å². The monoisotopic (exact) mass is 302 g/mol. The standard InChI is InChI=1S/C7H12N2O.C6H4Cl2O/c10-7-2-1-3-9(7)6-4-8-5-6;7-5-2-1-4(9)3-6(5)8/h6,8H,1-5H2;1-3,9H. The third-order valence-electron chi connectivity index (χ3n) is 3.21. The lowest BCUT2D eigenvalue weighted by atomic mass is 10.1. The van der Waals surface area contributed by atoms with Crippen molar-refractivity contribution >= 4 is 29.1 Å². The van der Waals surface area contributed by atoms with Crippen LogP contribution in [0.25, 0.3) is 0 Å². The van der Waals surface area contributed by atoms with E-state index in [9.17, 15) is 4.79 Å². The van der Waals surface area contributed by atoms with Crippen LogP contribution >= 0.6 is 23.2 Å². The highest BCUT2D eigenvalue weighted by Gasteiger charge is 2.31. The van der Waals surface area contributed by atoms with Gasteiger partial charge in [0.05, 0.1) is 16.1 Å². The summed E-state index contributed by atoms with van der Waals surface area (Å²) >= 11 is 11.1. The summed E-state index contributed by atoms with van der Waals surface area (Å²) in [4.78, 5) is 13.1. The molecule has 2 saturated heterocycles. The zero-order valence-corrected chi connectivity index (χ0v) is 11.9. The Morgan fingerprint density at radius 3 is 2.42 bits per heavy atom. The Hall–Kier alpha value is -0.970. The Bertz CT molecular complexity index is 464. The number of phenols is 1. The second-order valence-electron chi connectivity index (χ2n) is 4.60. The maximum Gasteiger partial charge on any atom is 0.222 e. The minimum atomic E-state index is 0.129. The predicted molar refractivity (Wildman–Crippen MR) is 75.7 cm³/mol. The predicted octanol–water partition coefficient (Wildman–Crippen LogP) is 2.28. The fourth-order valence-electron chi connectivity index (χ4n) is 2.03. The number of aromatic hydroxyl groups is 1. The summed E-state index contributed by atoms with van der Waals surface area (Å²) in [6.45, 7) is 3.00. The molecule has 0 bridgehead atoms. The first-order valence-electron chi connectivity index (χ1n) is 6.22. The lowest BCUT2D eigenvalue weighted by Crippen LogP contribution is -2.57. The topological polar surface area (TPSA) is 52.6 Å². The molecule has 1 aromatic carbocycles. The Kier molecular flexibility index (Phi) is 4.91. The van der Waals surface area contributed by atoms with Crippen molar-refractivity contribution in [3.63, 3.8) is 0 Å². The van der Waals surface area contributed by atoms with E-state index in [1.165, 1.54) is 12.1 Å². The number of rotatable bonds is 1. The van der Waals surface area contributed by atoms with E-state index in [1.54, 1.807) is 6.07 Å². The first-order valence-corrected chi connectivity index (χ1v) is 6.97. The summed E-state index contributed by atoms with van der Waals surface area (Å²) in [7, 11) is 0. The molecule has 0 aliphatic carbocycles. The van der Waals surface area contributed by atoms with Gasteiger partial charge in [-0.25, -0.2) is 0 Å². The number of hydrogen-bond donors (Lipinski definition) is 2. The van der Waals surface area contributed by atoms with Crippen LogP contribution in [0.15, 0.2) is 18.2 Å². The van der Waals surface area contributed by atoms with E-state index in [2.05, 4.69) is 5.32 Å². The molecule has 3 rings (SSSR count). The number of nitrogens with one attached hydrogen (secondary N) is 1. The van der Waals surface area contributed by atoms with Crippen LogP contribution < -0.4 is 5.32 Å². The highest BCUT2D eigenvalue weighted by Crippen LogP contribution is 2.25. The molecule has 4 nitrogen and oxygen atoms in total. The van der Waals surface area contributed by atoms with Crippen LogP contribution in [0, 0.1) is 0 Å². The Morgan fingerprint density at radius 1 is 1.26 bits per heavy atom. The van der Waals surface area contributed by atoms with Crippen molar-refractivity contribution in [3.8, 4) is 5.75 Å². The molecule has 0 spiro atoms. The van der Waals surface area contributed by atoms with Gasteiger partial charge < -0.3 is 15.3 Å². The van der Waals surface area contributed by atoms with E-state index in [0.29, 0.717) is 22.0 Å². The number of likely N-dealkylation sites (tertiary alicyclic amines) is 1. The average molecular weight is 303 g/mol. The number of phenolic OH excluding ortho intramolecular Hbond substituents is 1. The van der Waals surface area contributed by atoms with E-state index >= 15 is 0 Å². The van der Waals surface area contributed by atoms with E-state index < -0.39 is 0 Å². The van der Waals surface area contributed by atoms with E-state index in [-0.39, 0.29) is 5.75 Å². The van der Waals surface area contributed by atoms with Gasteiger partial charge in [-0.1, -0.05) is 23.2 Å². The molecule has 6 heteroatoms. The molecule has 1 aromatic rings. The zero-order chi connectivity index (χ0) is 13.8. The van der Waals surface area contributed by atoms with Crippen LogP contribution in [-0.2, 0) is 4.79 Å². The Balaban J connectivity index is 0.000000141. The van der Waals surface area contributed by atoms with Crippen molar-refractivity contribution in [2.45, 2.75) is 18.9 Å². The van der Waals surface area contributed by atoms with Gasteiger partial charge in [-0.3, -0.25) is 4.79 Å². The quantitative estimate of drug-likeness (QED) is 0.837. The van der Waals surface area contributed by atoms with E-state index in [1.807, 2.05) is 4.90 Å². The number of halogens is 2. The third-order valence-corrected chi connectivity index (χ3v) is 3.95. The van der Waals surface area contributed by atoms with Crippen LogP contribution in [0.2, 0.25) is 10.0 Å². The van der Waals surface area contributed by atoms with Crippen molar-refractivity contribution in [1.29, 1.82) is 0 Å². The highest BCUT2D eigenvalue weighted by molar-refractivity contribution is 6.42. The summed E-state index contributed by atoms with van der Waals surface area (Å²) < 4.78 is 0. The lowest BCUT2D eigenvalue weighted by Gasteiger charge is -2.35. The summed E-state index contributed by atoms with van der Waals surface area (Å²) in [5, 5.41) is 12.8. The lowest BCUT2D eigenvalue weighted by molar-refractivity contribution is -0.130.